The Kier molecular flexibility index (Phi) is 21.3. The van der Waals surface area contributed by atoms with E-state index in [4.69, 9.17) is 28.9 Å². The summed E-state index contributed by atoms with van der Waals surface area (Å²) >= 11 is 2.15. The highest BCUT2D eigenvalue weighted by Crippen LogP contribution is 2.32. The number of hydrogen-bond donors (Lipinski definition) is 3. The van der Waals surface area contributed by atoms with E-state index >= 15 is 0 Å². The topological polar surface area (TPSA) is 198 Å². The van der Waals surface area contributed by atoms with Crippen LogP contribution in [0.2, 0.25) is 0 Å². The maximum atomic E-state index is 13.6. The Bertz CT molecular complexity index is 2060. The normalized spacial score (nSPS) is 12.0. The quantitative estimate of drug-likeness (QED) is 0.0686. The van der Waals surface area contributed by atoms with Gasteiger partial charge in [0.05, 0.1) is 67.6 Å². The molecule has 3 rings (SSSR count). The van der Waals surface area contributed by atoms with E-state index in [1.165, 1.54) is 4.90 Å². The molecule has 61 heavy (non-hydrogen) atoms. The third-order valence-electron chi connectivity index (χ3n) is 8.93. The summed E-state index contributed by atoms with van der Waals surface area (Å²) in [6.45, 7) is 8.75. The van der Waals surface area contributed by atoms with E-state index in [0.29, 0.717) is 56.0 Å². The van der Waals surface area contributed by atoms with Gasteiger partial charge in [0.15, 0.2) is 0 Å². The number of halogens is 1. The highest BCUT2D eigenvalue weighted by molar-refractivity contribution is 14.1. The van der Waals surface area contributed by atoms with Gasteiger partial charge in [-0.3, -0.25) is 9.59 Å². The van der Waals surface area contributed by atoms with Crippen LogP contribution in [-0.2, 0) is 40.2 Å². The van der Waals surface area contributed by atoms with Gasteiger partial charge in [0.25, 0.3) is 0 Å². The molecule has 0 saturated carbocycles. The van der Waals surface area contributed by atoms with E-state index in [1.54, 1.807) is 46.1 Å². The lowest BCUT2D eigenvalue weighted by Crippen LogP contribution is -2.42. The zero-order valence-electron chi connectivity index (χ0n) is 36.3. The second kappa shape index (κ2) is 25.5. The molecule has 0 saturated heterocycles. The molecule has 3 amide bonds. The molecule has 16 nitrogen and oxygen atoms in total. The Morgan fingerprint density at radius 3 is 2.31 bits per heavy atom. The summed E-state index contributed by atoms with van der Waals surface area (Å²) in [6, 6.07) is 16.1. The second-order valence-electron chi connectivity index (χ2n) is 15.4. The zero-order chi connectivity index (χ0) is 45.0. The van der Waals surface area contributed by atoms with E-state index in [2.05, 4.69) is 37.9 Å². The van der Waals surface area contributed by atoms with Gasteiger partial charge in [0.2, 0.25) is 21.8 Å². The molecule has 3 N–H and O–H groups in total. The number of rotatable bonds is 26. The Balaban J connectivity index is 1.63. The van der Waals surface area contributed by atoms with Gasteiger partial charge >= 0.3 is 6.09 Å². The Morgan fingerprint density at radius 2 is 1.62 bits per heavy atom. The number of amides is 3. The van der Waals surface area contributed by atoms with Crippen molar-refractivity contribution in [3.63, 3.8) is 0 Å². The number of benzene rings is 3. The maximum Gasteiger partial charge on any atom is 0.407 e. The third kappa shape index (κ3) is 17.8. The number of sulfonamides is 1. The molecule has 0 fully saturated rings. The largest absolute Gasteiger partial charge is 0.496 e. The molecule has 0 aliphatic rings. The lowest BCUT2D eigenvalue weighted by atomic mass is 10.1. The highest BCUT2D eigenvalue weighted by atomic mass is 127. The summed E-state index contributed by atoms with van der Waals surface area (Å²) in [5, 5.41) is 15.6. The van der Waals surface area contributed by atoms with Crippen molar-refractivity contribution in [2.75, 3.05) is 85.3 Å². The van der Waals surface area contributed by atoms with Gasteiger partial charge in [-0.1, -0.05) is 24.3 Å². The van der Waals surface area contributed by atoms with Gasteiger partial charge in [-0.15, -0.1) is 0 Å². The number of carbonyl (C=O) groups excluding carboxylic acids is 3. The van der Waals surface area contributed by atoms with Crippen molar-refractivity contribution >= 4 is 67.0 Å². The van der Waals surface area contributed by atoms with E-state index in [9.17, 15) is 22.8 Å². The van der Waals surface area contributed by atoms with Crippen molar-refractivity contribution < 1.29 is 46.5 Å². The fourth-order valence-corrected chi connectivity index (χ4v) is 8.10. The van der Waals surface area contributed by atoms with Crippen molar-refractivity contribution in [3.8, 4) is 17.6 Å². The van der Waals surface area contributed by atoms with Gasteiger partial charge in [-0.25, -0.2) is 17.9 Å². The fraction of sp³-hybridized carbons (Fsp3) is 0.535. The molecular weight excluding hydrogens is 919 g/mol. The average molecular weight is 981 g/mol. The smallest absolute Gasteiger partial charge is 0.407 e. The van der Waals surface area contributed by atoms with Crippen LogP contribution in [0.3, 0.4) is 0 Å². The number of hydrogen-bond acceptors (Lipinski definition) is 12. The molecule has 0 aromatic heterocycles. The number of nitrogens with one attached hydrogen (secondary N) is 3. The molecule has 0 bridgehead atoms. The standard InChI is InChI=1S/C43H61IN6O10S/c1-31(48-42(53)60-43(2,3)4)27-32-28-38(56-7)35(44)29-37(32)59-23-10-17-41(52)50(30-40(51)46-20-24-58-26-25-57-22-11-18-45)21-12-19-47-61(54,55)39-16-9-13-33-34(39)14-8-15-36(33)49(5)6/h8-9,13-16,28-29,31,47H,10-12,17,19-27,30H2,1-7H3,(H,46,51)(H,48,53). The Labute approximate surface area is 374 Å². The van der Waals surface area contributed by atoms with Crippen LogP contribution in [0.25, 0.3) is 10.8 Å². The zero-order valence-corrected chi connectivity index (χ0v) is 39.3. The lowest BCUT2D eigenvalue weighted by Gasteiger charge is -2.23. The molecule has 336 valence electrons. The number of nitriles is 1. The Morgan fingerprint density at radius 1 is 0.918 bits per heavy atom. The minimum Gasteiger partial charge on any atom is -0.496 e. The number of methoxy groups -OCH3 is 1. The first-order valence-electron chi connectivity index (χ1n) is 20.2. The van der Waals surface area contributed by atoms with Crippen LogP contribution in [0.1, 0.15) is 58.9 Å². The lowest BCUT2D eigenvalue weighted by molar-refractivity contribution is -0.136. The van der Waals surface area contributed by atoms with Crippen LogP contribution in [-0.4, -0.2) is 123 Å². The van der Waals surface area contributed by atoms with Crippen molar-refractivity contribution in [1.29, 1.82) is 5.26 Å². The van der Waals surface area contributed by atoms with Crippen LogP contribution in [0.4, 0.5) is 10.5 Å². The van der Waals surface area contributed by atoms with Crippen LogP contribution in [0, 0.1) is 14.9 Å². The molecule has 3 aromatic carbocycles. The van der Waals surface area contributed by atoms with Crippen LogP contribution in [0.5, 0.6) is 11.5 Å². The van der Waals surface area contributed by atoms with E-state index in [-0.39, 0.29) is 69.1 Å². The molecule has 0 radical (unpaired) electrons. The maximum absolute atomic E-state index is 13.6. The summed E-state index contributed by atoms with van der Waals surface area (Å²) in [4.78, 5) is 42.5. The van der Waals surface area contributed by atoms with Crippen molar-refractivity contribution in [3.05, 3.63) is 57.7 Å². The second-order valence-corrected chi connectivity index (χ2v) is 18.3. The van der Waals surface area contributed by atoms with Crippen LogP contribution >= 0.6 is 22.6 Å². The number of anilines is 1. The van der Waals surface area contributed by atoms with Gasteiger partial charge in [-0.05, 0) is 99.4 Å². The number of nitrogens with zero attached hydrogens (tertiary/aromatic N) is 3. The third-order valence-corrected chi connectivity index (χ3v) is 11.3. The molecule has 1 atom stereocenters. The predicted octanol–water partition coefficient (Wildman–Crippen LogP) is 5.39. The van der Waals surface area contributed by atoms with Crippen molar-refractivity contribution in [1.82, 2.24) is 20.3 Å². The first-order chi connectivity index (χ1) is 28.9. The molecule has 0 heterocycles. The van der Waals surface area contributed by atoms with Crippen LogP contribution in [0.15, 0.2) is 53.4 Å². The van der Waals surface area contributed by atoms with Gasteiger partial charge in [0, 0.05) is 62.7 Å². The molecule has 0 aliphatic carbocycles. The Hall–Kier alpha value is -4.42. The molecule has 18 heteroatoms. The average Bonchev–Trinajstić information content (AvgIpc) is 3.19. The number of carbonyl (C=O) groups is 3. The predicted molar refractivity (Wildman–Crippen MR) is 243 cm³/mol. The highest BCUT2D eigenvalue weighted by Gasteiger charge is 2.22. The summed E-state index contributed by atoms with van der Waals surface area (Å²) in [5.74, 6) is 0.552. The van der Waals surface area contributed by atoms with E-state index in [1.807, 2.05) is 62.3 Å². The van der Waals surface area contributed by atoms with E-state index < -0.39 is 27.6 Å². The monoisotopic (exact) mass is 980 g/mol. The molecular formula is C43H61IN6O10S. The van der Waals surface area contributed by atoms with Crippen molar-refractivity contribution in [2.45, 2.75) is 76.3 Å². The number of alkyl carbamates (subject to hydrolysis) is 1. The minimum atomic E-state index is -3.91. The summed E-state index contributed by atoms with van der Waals surface area (Å²) in [6.07, 6.45) is 0.841. The van der Waals surface area contributed by atoms with Gasteiger partial charge in [0.1, 0.15) is 17.1 Å². The first kappa shape index (κ1) is 50.9. The molecule has 0 aliphatic heterocycles. The van der Waals surface area contributed by atoms with Crippen LogP contribution < -0.4 is 29.7 Å². The summed E-state index contributed by atoms with van der Waals surface area (Å²) in [5.41, 5.74) is 1.05. The molecule has 1 unspecified atom stereocenters. The number of ether oxygens (including phenoxy) is 5. The molecule has 3 aromatic rings. The SMILES string of the molecule is COc1cc(CC(C)NC(=O)OC(C)(C)C)c(OCCCC(=O)N(CCCNS(=O)(=O)c2cccc3c(N(C)C)cccc23)CC(=O)NCCOCCOCCC#N)cc1I. The number of fused-ring (bicyclic) bond motifs is 1. The minimum absolute atomic E-state index is 0.0327. The first-order valence-corrected chi connectivity index (χ1v) is 22.8. The van der Waals surface area contributed by atoms with E-state index in [0.717, 1.165) is 20.2 Å². The van der Waals surface area contributed by atoms with Gasteiger partial charge < -0.3 is 44.1 Å². The van der Waals surface area contributed by atoms with Gasteiger partial charge in [-0.2, -0.15) is 5.26 Å². The molecule has 0 spiro atoms. The van der Waals surface area contributed by atoms with Crippen molar-refractivity contribution in [2.24, 2.45) is 0 Å². The summed E-state index contributed by atoms with van der Waals surface area (Å²) in [7, 11) is 1.46. The summed E-state index contributed by atoms with van der Waals surface area (Å²) < 4.78 is 58.4. The fourth-order valence-electron chi connectivity index (χ4n) is 6.15.